The molecule has 0 saturated heterocycles. The summed E-state index contributed by atoms with van der Waals surface area (Å²) in [5.41, 5.74) is 0. The van der Waals surface area contributed by atoms with E-state index in [0.717, 1.165) is 0 Å². The quantitative estimate of drug-likeness (QED) is 0.611. The Hall–Kier alpha value is 0.559. The van der Waals surface area contributed by atoms with Gasteiger partial charge in [0, 0.05) is 0 Å². The first-order valence-corrected chi connectivity index (χ1v) is 5.96. The van der Waals surface area contributed by atoms with Gasteiger partial charge in [0.15, 0.2) is 0 Å². The van der Waals surface area contributed by atoms with E-state index in [2.05, 4.69) is 0 Å². The fraction of sp³-hybridized carbons (Fsp3) is 1.00. The van der Waals surface area contributed by atoms with Crippen LogP contribution in [0.4, 0.5) is 0 Å². The second-order valence-corrected chi connectivity index (χ2v) is 6.72. The van der Waals surface area contributed by atoms with Crippen LogP contribution < -0.4 is 0 Å². The third-order valence-corrected chi connectivity index (χ3v) is 3.31. The Labute approximate surface area is 44.8 Å². The molecule has 0 aliphatic rings. The summed E-state index contributed by atoms with van der Waals surface area (Å²) >= 11 is -2.95. The molecule has 0 aromatic heterocycles. The first kappa shape index (κ1) is 6.56. The van der Waals surface area contributed by atoms with Crippen molar-refractivity contribution in [2.45, 2.75) is 17.8 Å². The van der Waals surface area contributed by atoms with Crippen LogP contribution in [0.2, 0.25) is 3.93 Å². The van der Waals surface area contributed by atoms with Crippen LogP contribution in [0.5, 0.6) is 0 Å². The van der Waals surface area contributed by atoms with E-state index in [1.165, 1.54) is 0 Å². The summed E-state index contributed by atoms with van der Waals surface area (Å²) in [7, 11) is 0. The van der Waals surface area contributed by atoms with Crippen molar-refractivity contribution in [1.29, 1.82) is 0 Å². The summed E-state index contributed by atoms with van der Waals surface area (Å²) in [5, 5.41) is 0. The van der Waals surface area contributed by atoms with Gasteiger partial charge in [-0.1, -0.05) is 0 Å². The molecule has 0 fully saturated rings. The van der Waals surface area contributed by atoms with Gasteiger partial charge in [0.2, 0.25) is 0 Å². The molecule has 1 N–H and O–H groups in total. The molecule has 0 aromatic carbocycles. The molecule has 0 spiro atoms. The molecule has 0 radical (unpaired) electrons. The molecule has 0 amide bonds. The summed E-state index contributed by atoms with van der Waals surface area (Å²) in [6.45, 7) is 3.53. The van der Waals surface area contributed by atoms with Crippen molar-refractivity contribution in [3.63, 3.8) is 0 Å². The summed E-state index contributed by atoms with van der Waals surface area (Å²) in [6, 6.07) is 0. The summed E-state index contributed by atoms with van der Waals surface area (Å²) in [6.07, 6.45) is 0. The zero-order valence-corrected chi connectivity index (χ0v) is 6.79. The maximum atomic E-state index is 9.98. The monoisotopic (exact) mass is 196 g/mol. The van der Waals surface area contributed by atoms with E-state index < -0.39 is 20.2 Å². The zero-order chi connectivity index (χ0) is 5.15. The molecule has 0 saturated carbocycles. The van der Waals surface area contributed by atoms with Crippen LogP contribution in [0.3, 0.4) is 0 Å². The Morgan fingerprint density at radius 3 is 1.83 bits per heavy atom. The van der Waals surface area contributed by atoms with E-state index >= 15 is 0 Å². The van der Waals surface area contributed by atoms with Crippen molar-refractivity contribution >= 4 is 20.2 Å². The van der Waals surface area contributed by atoms with E-state index in [-0.39, 0.29) is 3.93 Å². The van der Waals surface area contributed by atoms with Crippen molar-refractivity contribution in [3.8, 4) is 0 Å². The van der Waals surface area contributed by atoms with Crippen LogP contribution in [-0.2, 0) is 3.08 Å². The molecule has 0 aliphatic carbocycles. The second kappa shape index (κ2) is 2.69. The van der Waals surface area contributed by atoms with Crippen molar-refractivity contribution in [2.24, 2.45) is 0 Å². The number of rotatable bonds is 1. The fourth-order valence-corrected chi connectivity index (χ4v) is 0. The standard InChI is InChI=1S/C3H7.H2O.O.Sn/c1-3-2;;;/h3H,1-2H3;1H2;;/q;;;+1/p-1. The molecule has 2 nitrogen and oxygen atoms in total. The molecule has 0 atom stereocenters. The van der Waals surface area contributed by atoms with Crippen LogP contribution in [0.25, 0.3) is 0 Å². The molecular formula is C3H8O2Sn. The fourth-order valence-electron chi connectivity index (χ4n) is 0. The summed E-state index contributed by atoms with van der Waals surface area (Å²) in [4.78, 5) is 0. The zero-order valence-electron chi connectivity index (χ0n) is 3.93. The van der Waals surface area contributed by atoms with Gasteiger partial charge >= 0.3 is 44.5 Å². The van der Waals surface area contributed by atoms with Crippen LogP contribution in [0, 0.1) is 0 Å². The third kappa shape index (κ3) is 2.78. The van der Waals surface area contributed by atoms with Crippen LogP contribution in [0.15, 0.2) is 0 Å². The van der Waals surface area contributed by atoms with Crippen LogP contribution >= 0.6 is 0 Å². The van der Waals surface area contributed by atoms with Gasteiger partial charge in [0.25, 0.3) is 0 Å². The minimum absolute atomic E-state index is 0.0485. The average Bonchev–Trinajstić information content (AvgIpc) is 1.36. The van der Waals surface area contributed by atoms with Crippen molar-refractivity contribution in [1.82, 2.24) is 0 Å². The van der Waals surface area contributed by atoms with Gasteiger partial charge in [-0.15, -0.1) is 0 Å². The van der Waals surface area contributed by atoms with E-state index in [1.807, 2.05) is 0 Å². The van der Waals surface area contributed by atoms with Crippen molar-refractivity contribution in [2.75, 3.05) is 0 Å². The topological polar surface area (TPSA) is 37.3 Å². The first-order chi connectivity index (χ1) is 2.64. The van der Waals surface area contributed by atoms with Gasteiger partial charge in [-0.3, -0.25) is 0 Å². The molecular weight excluding hydrogens is 187 g/mol. The van der Waals surface area contributed by atoms with Gasteiger partial charge in [-0.2, -0.15) is 0 Å². The third-order valence-electron chi connectivity index (χ3n) is 0.494. The van der Waals surface area contributed by atoms with Gasteiger partial charge in [-0.05, 0) is 0 Å². The molecule has 36 valence electrons. The summed E-state index contributed by atoms with van der Waals surface area (Å²) < 4.78 is 18.3. The van der Waals surface area contributed by atoms with Gasteiger partial charge < -0.3 is 0 Å². The SMILES string of the molecule is C[CH](C)[Sn](=[O])[OH]. The Bertz CT molecular complexity index is 59.8. The van der Waals surface area contributed by atoms with E-state index in [1.54, 1.807) is 13.8 Å². The second-order valence-electron chi connectivity index (χ2n) is 1.49. The minimum atomic E-state index is -2.95. The average molecular weight is 195 g/mol. The van der Waals surface area contributed by atoms with Gasteiger partial charge in [-0.25, -0.2) is 0 Å². The van der Waals surface area contributed by atoms with Gasteiger partial charge in [0.05, 0.1) is 0 Å². The van der Waals surface area contributed by atoms with E-state index in [0.29, 0.717) is 0 Å². The normalized spacial score (nSPS) is 9.33. The first-order valence-electron chi connectivity index (χ1n) is 1.87. The Morgan fingerprint density at radius 1 is 1.67 bits per heavy atom. The Morgan fingerprint density at radius 2 is 1.83 bits per heavy atom. The molecule has 0 rings (SSSR count). The van der Waals surface area contributed by atoms with Gasteiger partial charge in [0.1, 0.15) is 0 Å². The van der Waals surface area contributed by atoms with Crippen LogP contribution in [-0.4, -0.2) is 23.6 Å². The molecule has 0 unspecified atom stereocenters. The Balaban J connectivity index is 3.26. The molecule has 0 aliphatic heterocycles. The Kier molecular flexibility index (Phi) is 2.94. The molecule has 0 heterocycles. The molecule has 3 heteroatoms. The molecule has 0 bridgehead atoms. The predicted octanol–water partition coefficient (Wildman–Crippen LogP) is 0.307. The van der Waals surface area contributed by atoms with Crippen LogP contribution in [0.1, 0.15) is 13.8 Å². The van der Waals surface area contributed by atoms with E-state index in [9.17, 15) is 3.08 Å². The van der Waals surface area contributed by atoms with Crippen molar-refractivity contribution < 1.29 is 6.52 Å². The number of hydrogen-bond acceptors (Lipinski definition) is 1. The van der Waals surface area contributed by atoms with E-state index in [4.69, 9.17) is 3.44 Å². The molecule has 0 aromatic rings. The summed E-state index contributed by atoms with van der Waals surface area (Å²) in [5.74, 6) is 0. The number of hydrogen-bond donors (Lipinski definition) is 1. The maximum absolute atomic E-state index is 9.98. The predicted molar refractivity (Wildman–Crippen MR) is 23.8 cm³/mol. The van der Waals surface area contributed by atoms with Crippen molar-refractivity contribution in [3.05, 3.63) is 0 Å². The molecule has 6 heavy (non-hydrogen) atoms.